The van der Waals surface area contributed by atoms with Gasteiger partial charge in [-0.2, -0.15) is 0 Å². The summed E-state index contributed by atoms with van der Waals surface area (Å²) in [5, 5.41) is 3.79. The number of rotatable bonds is 7. The minimum absolute atomic E-state index is 0.111. The standard InChI is InChI=1S/C57H37N5O/c63-57-55-47-35-42(41-30-32-50-46(34-41)45-28-16-17-29-49(45)60(50)43-24-12-4-13-25-43)31-33-51(47)62(53(55)37-52(39-20-8-2-9-21-39)61(57)44-26-14-5-15-27-44)54-36-48(38-18-6-1-7-19-38)58-56(59-54)40-22-10-3-11-23-40/h1-37H. The second kappa shape index (κ2) is 14.8. The number of nitrogens with zero attached hydrogens (tertiary/aromatic N) is 5. The van der Waals surface area contributed by atoms with Crippen molar-refractivity contribution in [1.29, 1.82) is 0 Å². The van der Waals surface area contributed by atoms with Crippen LogP contribution in [0.15, 0.2) is 229 Å². The van der Waals surface area contributed by atoms with Crippen LogP contribution in [-0.4, -0.2) is 23.7 Å². The Morgan fingerprint density at radius 3 is 1.49 bits per heavy atom. The quantitative estimate of drug-likeness (QED) is 0.161. The van der Waals surface area contributed by atoms with Crippen LogP contribution in [-0.2, 0) is 0 Å². The molecule has 0 aliphatic rings. The van der Waals surface area contributed by atoms with Crippen molar-refractivity contribution in [3.8, 4) is 62.2 Å². The lowest BCUT2D eigenvalue weighted by Crippen LogP contribution is -2.20. The molecule has 0 N–H and O–H groups in total. The van der Waals surface area contributed by atoms with E-state index >= 15 is 4.79 Å². The normalized spacial score (nSPS) is 11.6. The zero-order valence-corrected chi connectivity index (χ0v) is 34.0. The van der Waals surface area contributed by atoms with Crippen LogP contribution in [0.1, 0.15) is 0 Å². The fourth-order valence-corrected chi connectivity index (χ4v) is 9.20. The highest BCUT2D eigenvalue weighted by atomic mass is 16.1. The predicted molar refractivity (Wildman–Crippen MR) is 258 cm³/mol. The molecule has 4 heterocycles. The molecular formula is C57H37N5O. The Bertz CT molecular complexity index is 3670. The molecule has 0 atom stereocenters. The number of hydrogen-bond donors (Lipinski definition) is 0. The zero-order chi connectivity index (χ0) is 41.9. The molecule has 0 radical (unpaired) electrons. The average molecular weight is 808 g/mol. The van der Waals surface area contributed by atoms with Crippen LogP contribution in [0.25, 0.3) is 106 Å². The molecule has 12 rings (SSSR count). The van der Waals surface area contributed by atoms with Gasteiger partial charge in [-0.1, -0.05) is 158 Å². The minimum atomic E-state index is -0.111. The van der Waals surface area contributed by atoms with Gasteiger partial charge in [0.05, 0.1) is 38.8 Å². The maximum absolute atomic E-state index is 15.6. The van der Waals surface area contributed by atoms with Crippen molar-refractivity contribution < 1.29 is 0 Å². The van der Waals surface area contributed by atoms with E-state index in [0.717, 1.165) is 83.4 Å². The van der Waals surface area contributed by atoms with Gasteiger partial charge in [-0.15, -0.1) is 0 Å². The molecule has 63 heavy (non-hydrogen) atoms. The summed E-state index contributed by atoms with van der Waals surface area (Å²) in [7, 11) is 0. The molecule has 6 heteroatoms. The van der Waals surface area contributed by atoms with E-state index in [1.54, 1.807) is 0 Å². The van der Waals surface area contributed by atoms with E-state index in [9.17, 15) is 0 Å². The molecule has 0 amide bonds. The second-order valence-electron chi connectivity index (χ2n) is 15.8. The summed E-state index contributed by atoms with van der Waals surface area (Å²) in [6.45, 7) is 0. The summed E-state index contributed by atoms with van der Waals surface area (Å²) in [5.74, 6) is 1.27. The van der Waals surface area contributed by atoms with Gasteiger partial charge in [0.1, 0.15) is 5.82 Å². The van der Waals surface area contributed by atoms with Gasteiger partial charge in [-0.05, 0) is 77.4 Å². The predicted octanol–water partition coefficient (Wildman–Crippen LogP) is 13.5. The van der Waals surface area contributed by atoms with Gasteiger partial charge in [-0.3, -0.25) is 13.9 Å². The van der Waals surface area contributed by atoms with E-state index in [2.05, 4.69) is 130 Å². The Morgan fingerprint density at radius 2 is 0.841 bits per heavy atom. The Balaban J connectivity index is 1.16. The summed E-state index contributed by atoms with van der Waals surface area (Å²) in [6, 6.07) is 76.8. The van der Waals surface area contributed by atoms with Gasteiger partial charge in [0.15, 0.2) is 5.82 Å². The lowest BCUT2D eigenvalue weighted by Gasteiger charge is -2.16. The molecule has 12 aromatic rings. The summed E-state index contributed by atoms with van der Waals surface area (Å²) in [4.78, 5) is 26.0. The molecule has 8 aromatic carbocycles. The monoisotopic (exact) mass is 807 g/mol. The second-order valence-corrected chi connectivity index (χ2v) is 15.8. The molecular weight excluding hydrogens is 771 g/mol. The van der Waals surface area contributed by atoms with Crippen molar-refractivity contribution in [2.24, 2.45) is 0 Å². The van der Waals surface area contributed by atoms with Crippen LogP contribution < -0.4 is 5.56 Å². The fraction of sp³-hybridized carbons (Fsp3) is 0. The number of pyridine rings is 1. The Hall–Kier alpha value is -8.61. The lowest BCUT2D eigenvalue weighted by molar-refractivity contribution is 1.01. The molecule has 0 aliphatic carbocycles. The van der Waals surface area contributed by atoms with Crippen molar-refractivity contribution in [2.45, 2.75) is 0 Å². The van der Waals surface area contributed by atoms with Gasteiger partial charge >= 0.3 is 0 Å². The van der Waals surface area contributed by atoms with Gasteiger partial charge in [-0.25, -0.2) is 9.97 Å². The molecule has 0 saturated heterocycles. The van der Waals surface area contributed by atoms with E-state index in [1.165, 1.54) is 5.39 Å². The Labute approximate surface area is 362 Å². The first kappa shape index (κ1) is 36.3. The first-order valence-electron chi connectivity index (χ1n) is 21.1. The van der Waals surface area contributed by atoms with Gasteiger partial charge in [0.25, 0.3) is 5.56 Å². The van der Waals surface area contributed by atoms with Crippen LogP contribution in [0.2, 0.25) is 0 Å². The smallest absolute Gasteiger partial charge is 0.265 e. The highest BCUT2D eigenvalue weighted by molar-refractivity contribution is 6.13. The Morgan fingerprint density at radius 1 is 0.333 bits per heavy atom. The molecule has 6 nitrogen and oxygen atoms in total. The maximum Gasteiger partial charge on any atom is 0.265 e. The first-order chi connectivity index (χ1) is 31.2. The average Bonchev–Trinajstić information content (AvgIpc) is 3.87. The number of benzene rings is 8. The molecule has 0 unspecified atom stereocenters. The minimum Gasteiger partial charge on any atom is -0.309 e. The van der Waals surface area contributed by atoms with Gasteiger partial charge < -0.3 is 4.57 Å². The highest BCUT2D eigenvalue weighted by Crippen LogP contribution is 2.39. The van der Waals surface area contributed by atoms with E-state index in [4.69, 9.17) is 9.97 Å². The summed E-state index contributed by atoms with van der Waals surface area (Å²) >= 11 is 0. The van der Waals surface area contributed by atoms with Crippen LogP contribution in [0.5, 0.6) is 0 Å². The number of para-hydroxylation sites is 3. The van der Waals surface area contributed by atoms with Crippen LogP contribution >= 0.6 is 0 Å². The van der Waals surface area contributed by atoms with Crippen LogP contribution in [0.4, 0.5) is 0 Å². The van der Waals surface area contributed by atoms with Crippen molar-refractivity contribution in [3.05, 3.63) is 235 Å². The van der Waals surface area contributed by atoms with Crippen LogP contribution in [0.3, 0.4) is 0 Å². The highest BCUT2D eigenvalue weighted by Gasteiger charge is 2.23. The largest absolute Gasteiger partial charge is 0.309 e. The molecule has 0 spiro atoms. The molecule has 0 fully saturated rings. The third-order valence-corrected chi connectivity index (χ3v) is 12.1. The van der Waals surface area contributed by atoms with Crippen molar-refractivity contribution in [2.75, 3.05) is 0 Å². The van der Waals surface area contributed by atoms with Gasteiger partial charge in [0, 0.05) is 44.7 Å². The molecule has 0 aliphatic heterocycles. The maximum atomic E-state index is 15.6. The van der Waals surface area contributed by atoms with Crippen LogP contribution in [0, 0.1) is 0 Å². The third kappa shape index (κ3) is 6.07. The first-order valence-corrected chi connectivity index (χ1v) is 21.1. The molecule has 0 saturated carbocycles. The fourth-order valence-electron chi connectivity index (χ4n) is 9.20. The topological polar surface area (TPSA) is 57.6 Å². The van der Waals surface area contributed by atoms with Crippen molar-refractivity contribution in [3.63, 3.8) is 0 Å². The summed E-state index contributed by atoms with van der Waals surface area (Å²) < 4.78 is 6.33. The van der Waals surface area contributed by atoms with E-state index < -0.39 is 0 Å². The Kier molecular flexibility index (Phi) is 8.54. The number of aromatic nitrogens is 5. The molecule has 4 aromatic heterocycles. The van der Waals surface area contributed by atoms with Gasteiger partial charge in [0.2, 0.25) is 0 Å². The van der Waals surface area contributed by atoms with E-state index in [1.807, 2.05) is 108 Å². The van der Waals surface area contributed by atoms with E-state index in [-0.39, 0.29) is 5.56 Å². The molecule has 0 bridgehead atoms. The lowest BCUT2D eigenvalue weighted by atomic mass is 10.0. The summed E-state index contributed by atoms with van der Waals surface area (Å²) in [6.07, 6.45) is 0. The van der Waals surface area contributed by atoms with Crippen molar-refractivity contribution in [1.82, 2.24) is 23.7 Å². The zero-order valence-electron chi connectivity index (χ0n) is 34.0. The SMILES string of the molecule is O=c1c2c3cc(-c4ccc5c(c4)c4ccccc4n5-c4ccccc4)ccc3n(-c3cc(-c4ccccc4)nc(-c4ccccc4)n3)c2cc(-c2ccccc2)n1-c1ccccc1. The number of hydrogen-bond acceptors (Lipinski definition) is 3. The van der Waals surface area contributed by atoms with E-state index in [0.29, 0.717) is 17.0 Å². The number of fused-ring (bicyclic) bond motifs is 6. The third-order valence-electron chi connectivity index (χ3n) is 12.1. The summed E-state index contributed by atoms with van der Waals surface area (Å²) in [5.41, 5.74) is 12.2. The molecule has 296 valence electrons. The van der Waals surface area contributed by atoms with Crippen molar-refractivity contribution >= 4 is 43.6 Å².